The smallest absolute Gasteiger partial charge is 0.296 e. The lowest BCUT2D eigenvalue weighted by molar-refractivity contribution is 0.471. The second kappa shape index (κ2) is 4.57. The van der Waals surface area contributed by atoms with Gasteiger partial charge in [0.2, 0.25) is 0 Å². The molecule has 0 saturated carbocycles. The number of aromatic hydroxyl groups is 1. The first kappa shape index (κ1) is 15.0. The van der Waals surface area contributed by atoms with Gasteiger partial charge in [-0.05, 0) is 23.6 Å². The van der Waals surface area contributed by atoms with Gasteiger partial charge in [0.1, 0.15) is 10.6 Å². The Morgan fingerprint density at radius 1 is 0.900 bits per heavy atom. The quantitative estimate of drug-likeness (QED) is 0.710. The average molecular weight is 339 g/mol. The molecule has 0 saturated heterocycles. The van der Waals surface area contributed by atoms with E-state index in [4.69, 9.17) is 20.7 Å². The summed E-state index contributed by atoms with van der Waals surface area (Å²) in [6.07, 6.45) is 0. The van der Waals surface area contributed by atoms with E-state index >= 15 is 0 Å². The van der Waals surface area contributed by atoms with Gasteiger partial charge >= 0.3 is 0 Å². The minimum absolute atomic E-state index is 0.0327. The number of benzene rings is 2. The summed E-state index contributed by atoms with van der Waals surface area (Å²) in [6, 6.07) is 3.68. The topological polar surface area (TPSA) is 129 Å². The zero-order valence-electron chi connectivity index (χ0n) is 9.48. The highest BCUT2D eigenvalue weighted by Crippen LogP contribution is 2.34. The third-order valence-electron chi connectivity index (χ3n) is 2.53. The molecule has 2 aromatic carbocycles. The van der Waals surface area contributed by atoms with Crippen molar-refractivity contribution in [3.63, 3.8) is 0 Å². The fourth-order valence-corrected chi connectivity index (χ4v) is 3.24. The van der Waals surface area contributed by atoms with Crippen LogP contribution in [0.4, 0.5) is 0 Å². The molecule has 3 N–H and O–H groups in total. The van der Waals surface area contributed by atoms with Crippen LogP contribution in [0, 0.1) is 0 Å². The molecule has 2 aromatic rings. The highest BCUT2D eigenvalue weighted by atomic mass is 35.5. The van der Waals surface area contributed by atoms with E-state index in [2.05, 4.69) is 0 Å². The fourth-order valence-electron chi connectivity index (χ4n) is 1.66. The molecule has 0 aliphatic heterocycles. The number of phenols is 1. The number of halogens is 1. The van der Waals surface area contributed by atoms with Crippen LogP contribution >= 0.6 is 11.6 Å². The molecule has 20 heavy (non-hydrogen) atoms. The molecule has 10 heteroatoms. The first-order chi connectivity index (χ1) is 9.00. The van der Waals surface area contributed by atoms with Crippen molar-refractivity contribution in [3.05, 3.63) is 29.3 Å². The number of fused-ring (bicyclic) bond motifs is 1. The van der Waals surface area contributed by atoms with Gasteiger partial charge in [-0.1, -0.05) is 11.6 Å². The van der Waals surface area contributed by atoms with Crippen molar-refractivity contribution in [2.75, 3.05) is 0 Å². The summed E-state index contributed by atoms with van der Waals surface area (Å²) in [5.41, 5.74) is 0. The standard InChI is InChI=1S/C10H7ClO7S2/c11-8-4-7-5(2-10(8)20(16,17)18)1-6(3-9(7)12)19(13,14)15/h1-4,12H,(H,13,14,15)(H,16,17,18). The van der Waals surface area contributed by atoms with Crippen LogP contribution < -0.4 is 0 Å². The van der Waals surface area contributed by atoms with Crippen LogP contribution in [-0.2, 0) is 20.2 Å². The van der Waals surface area contributed by atoms with Gasteiger partial charge in [0.25, 0.3) is 20.2 Å². The molecule has 0 heterocycles. The van der Waals surface area contributed by atoms with E-state index in [0.717, 1.165) is 24.3 Å². The molecule has 0 radical (unpaired) electrons. The van der Waals surface area contributed by atoms with Crippen molar-refractivity contribution in [2.24, 2.45) is 0 Å². The van der Waals surface area contributed by atoms with Crippen molar-refractivity contribution >= 4 is 42.6 Å². The van der Waals surface area contributed by atoms with Crippen LogP contribution in [0.25, 0.3) is 10.8 Å². The van der Waals surface area contributed by atoms with Crippen molar-refractivity contribution in [1.82, 2.24) is 0 Å². The molecular weight excluding hydrogens is 332 g/mol. The molecule has 0 aliphatic carbocycles. The highest BCUT2D eigenvalue weighted by molar-refractivity contribution is 7.86. The molecule has 7 nitrogen and oxygen atoms in total. The lowest BCUT2D eigenvalue weighted by Gasteiger charge is -2.07. The summed E-state index contributed by atoms with van der Waals surface area (Å²) < 4.78 is 62.2. The summed E-state index contributed by atoms with van der Waals surface area (Å²) in [4.78, 5) is -1.26. The Bertz CT molecular complexity index is 916. The van der Waals surface area contributed by atoms with Crippen molar-refractivity contribution in [3.8, 4) is 5.75 Å². The summed E-state index contributed by atoms with van der Waals surface area (Å²) >= 11 is 5.67. The van der Waals surface area contributed by atoms with Crippen LogP contribution in [0.15, 0.2) is 34.1 Å². The normalized spacial score (nSPS) is 12.8. The van der Waals surface area contributed by atoms with Gasteiger partial charge in [-0.15, -0.1) is 0 Å². The highest BCUT2D eigenvalue weighted by Gasteiger charge is 2.19. The number of hydrogen-bond acceptors (Lipinski definition) is 5. The fraction of sp³-hybridized carbons (Fsp3) is 0. The van der Waals surface area contributed by atoms with Crippen LogP contribution in [0.3, 0.4) is 0 Å². The molecular formula is C10H7ClO7S2. The number of hydrogen-bond donors (Lipinski definition) is 3. The first-order valence-corrected chi connectivity index (χ1v) is 8.17. The van der Waals surface area contributed by atoms with Gasteiger partial charge in [0.05, 0.1) is 9.92 Å². The lowest BCUT2D eigenvalue weighted by Crippen LogP contribution is -2.00. The summed E-state index contributed by atoms with van der Waals surface area (Å²) in [5, 5.41) is 9.38. The maximum atomic E-state index is 11.1. The van der Waals surface area contributed by atoms with Crippen molar-refractivity contribution in [1.29, 1.82) is 0 Å². The molecule has 0 aliphatic rings. The van der Waals surface area contributed by atoms with Crippen LogP contribution in [0.2, 0.25) is 5.02 Å². The van der Waals surface area contributed by atoms with Gasteiger partial charge in [-0.3, -0.25) is 9.11 Å². The molecule has 2 rings (SSSR count). The van der Waals surface area contributed by atoms with E-state index in [9.17, 15) is 21.9 Å². The second-order valence-corrected chi connectivity index (χ2v) is 7.11. The summed E-state index contributed by atoms with van der Waals surface area (Å²) in [7, 11) is -9.19. The van der Waals surface area contributed by atoms with Crippen molar-refractivity contribution < 1.29 is 31.0 Å². The maximum Gasteiger partial charge on any atom is 0.296 e. The van der Waals surface area contributed by atoms with Crippen LogP contribution in [0.5, 0.6) is 5.75 Å². The van der Waals surface area contributed by atoms with E-state index in [-0.39, 0.29) is 15.8 Å². The summed E-state index contributed by atoms with van der Waals surface area (Å²) in [6.45, 7) is 0. The molecule has 0 amide bonds. The second-order valence-electron chi connectivity index (χ2n) is 3.90. The minimum Gasteiger partial charge on any atom is -0.507 e. The number of rotatable bonds is 2. The van der Waals surface area contributed by atoms with Gasteiger partial charge in [0.15, 0.2) is 0 Å². The zero-order chi connectivity index (χ0) is 15.3. The molecule has 0 spiro atoms. The molecule has 0 fully saturated rings. The van der Waals surface area contributed by atoms with E-state index < -0.39 is 35.8 Å². The van der Waals surface area contributed by atoms with Crippen molar-refractivity contribution in [2.45, 2.75) is 9.79 Å². The molecule has 0 atom stereocenters. The third kappa shape index (κ3) is 2.72. The molecule has 0 unspecified atom stereocenters. The van der Waals surface area contributed by atoms with E-state index in [0.29, 0.717) is 0 Å². The van der Waals surface area contributed by atoms with E-state index in [1.54, 1.807) is 0 Å². The zero-order valence-corrected chi connectivity index (χ0v) is 11.9. The average Bonchev–Trinajstić information content (AvgIpc) is 2.26. The largest absolute Gasteiger partial charge is 0.507 e. The predicted octanol–water partition coefficient (Wildman–Crippen LogP) is 1.69. The Balaban J connectivity index is 2.93. The Kier molecular flexibility index (Phi) is 3.43. The lowest BCUT2D eigenvalue weighted by atomic mass is 10.1. The van der Waals surface area contributed by atoms with Gasteiger partial charge in [-0.2, -0.15) is 16.8 Å². The Morgan fingerprint density at radius 3 is 2.00 bits per heavy atom. The van der Waals surface area contributed by atoms with Gasteiger partial charge in [0, 0.05) is 11.5 Å². The van der Waals surface area contributed by atoms with Gasteiger partial charge < -0.3 is 5.11 Å². The van der Waals surface area contributed by atoms with Crippen LogP contribution in [0.1, 0.15) is 0 Å². The Morgan fingerprint density at radius 2 is 1.50 bits per heavy atom. The number of phenolic OH excluding ortho intramolecular Hbond substituents is 1. The molecule has 108 valence electrons. The maximum absolute atomic E-state index is 11.1. The van der Waals surface area contributed by atoms with E-state index in [1.807, 2.05) is 0 Å². The summed E-state index contributed by atoms with van der Waals surface area (Å²) in [5.74, 6) is -0.515. The minimum atomic E-state index is -4.61. The monoisotopic (exact) mass is 338 g/mol. The van der Waals surface area contributed by atoms with E-state index in [1.165, 1.54) is 0 Å². The predicted molar refractivity (Wildman–Crippen MR) is 70.3 cm³/mol. The Hall–Kier alpha value is -1.39. The molecule has 0 aromatic heterocycles. The Labute approximate surface area is 118 Å². The van der Waals surface area contributed by atoms with Gasteiger partial charge in [-0.25, -0.2) is 0 Å². The SMILES string of the molecule is O=S(=O)(O)c1cc(O)c2cc(Cl)c(S(=O)(=O)O)cc2c1. The first-order valence-electron chi connectivity index (χ1n) is 4.91. The third-order valence-corrected chi connectivity index (χ3v) is 4.68. The van der Waals surface area contributed by atoms with Crippen LogP contribution in [-0.4, -0.2) is 31.0 Å². The molecule has 0 bridgehead atoms.